The highest BCUT2D eigenvalue weighted by Crippen LogP contribution is 2.16. The van der Waals surface area contributed by atoms with Gasteiger partial charge in [-0.1, -0.05) is 31.9 Å². The number of halogens is 1. The van der Waals surface area contributed by atoms with Gasteiger partial charge in [0.1, 0.15) is 0 Å². The third-order valence-electron chi connectivity index (χ3n) is 2.65. The van der Waals surface area contributed by atoms with Crippen LogP contribution in [0.25, 0.3) is 0 Å². The van der Waals surface area contributed by atoms with Crippen LogP contribution < -0.4 is 0 Å². The molecule has 0 aromatic heterocycles. The predicted octanol–water partition coefficient (Wildman–Crippen LogP) is 3.72. The quantitative estimate of drug-likeness (QED) is 0.806. The number of rotatable bonds is 6. The van der Waals surface area contributed by atoms with E-state index in [0.717, 1.165) is 24.8 Å². The van der Waals surface area contributed by atoms with Crippen molar-refractivity contribution in [2.45, 2.75) is 32.6 Å². The molecular weight excluding hydrogens is 315 g/mol. The van der Waals surface area contributed by atoms with E-state index >= 15 is 0 Å². The average Bonchev–Trinajstić information content (AvgIpc) is 2.26. The summed E-state index contributed by atoms with van der Waals surface area (Å²) in [6.07, 6.45) is 3.46. The lowest BCUT2D eigenvalue weighted by Gasteiger charge is -2.11. The van der Waals surface area contributed by atoms with Crippen LogP contribution in [-0.2, 0) is 11.2 Å². The first kappa shape index (κ1) is 13.5. The Kier molecular flexibility index (Phi) is 5.80. The van der Waals surface area contributed by atoms with E-state index in [9.17, 15) is 4.79 Å². The van der Waals surface area contributed by atoms with Gasteiger partial charge in [0, 0.05) is 3.57 Å². The summed E-state index contributed by atoms with van der Waals surface area (Å²) in [5.74, 6) is -0.910. The number of hydrogen-bond donors (Lipinski definition) is 1. The van der Waals surface area contributed by atoms with Gasteiger partial charge in [0.05, 0.1) is 5.92 Å². The fourth-order valence-electron chi connectivity index (χ4n) is 1.67. The highest BCUT2D eigenvalue weighted by atomic mass is 127. The Bertz CT molecular complexity index is 332. The van der Waals surface area contributed by atoms with Crippen molar-refractivity contribution in [3.05, 3.63) is 33.4 Å². The molecule has 16 heavy (non-hydrogen) atoms. The number of benzene rings is 1. The van der Waals surface area contributed by atoms with Crippen LogP contribution in [-0.4, -0.2) is 11.1 Å². The molecule has 0 fully saturated rings. The standard InChI is InChI=1S/C13H17IO2/c1-2-3-4-11(13(15)16)9-10-5-7-12(14)8-6-10/h5-8,11H,2-4,9H2,1H3,(H,15,16). The van der Waals surface area contributed by atoms with Crippen LogP contribution in [0.4, 0.5) is 0 Å². The van der Waals surface area contributed by atoms with E-state index in [-0.39, 0.29) is 5.92 Å². The molecule has 88 valence electrons. The minimum absolute atomic E-state index is 0.236. The van der Waals surface area contributed by atoms with Crippen LogP contribution in [0.5, 0.6) is 0 Å². The maximum atomic E-state index is 11.1. The summed E-state index contributed by atoms with van der Waals surface area (Å²) in [7, 11) is 0. The van der Waals surface area contributed by atoms with Crippen LogP contribution in [0.2, 0.25) is 0 Å². The number of aliphatic carboxylic acids is 1. The van der Waals surface area contributed by atoms with Crippen LogP contribution in [0, 0.1) is 9.49 Å². The van der Waals surface area contributed by atoms with E-state index in [1.54, 1.807) is 0 Å². The molecule has 0 bridgehead atoms. The summed E-state index contributed by atoms with van der Waals surface area (Å²) in [6.45, 7) is 2.09. The van der Waals surface area contributed by atoms with Gasteiger partial charge in [-0.2, -0.15) is 0 Å². The van der Waals surface area contributed by atoms with Crippen LogP contribution in [0.1, 0.15) is 31.7 Å². The third-order valence-corrected chi connectivity index (χ3v) is 3.37. The molecule has 0 aliphatic heterocycles. The molecule has 0 saturated carbocycles. The zero-order chi connectivity index (χ0) is 12.0. The fraction of sp³-hybridized carbons (Fsp3) is 0.462. The summed E-state index contributed by atoms with van der Waals surface area (Å²) in [6, 6.07) is 8.08. The molecule has 1 aromatic rings. The van der Waals surface area contributed by atoms with Crippen molar-refractivity contribution in [3.63, 3.8) is 0 Å². The molecule has 0 saturated heterocycles. The van der Waals surface area contributed by atoms with Crippen molar-refractivity contribution >= 4 is 28.6 Å². The summed E-state index contributed by atoms with van der Waals surface area (Å²) in [5, 5.41) is 9.11. The second-order valence-corrected chi connectivity index (χ2v) is 5.25. The molecule has 1 unspecified atom stereocenters. The Labute approximate surface area is 110 Å². The van der Waals surface area contributed by atoms with Crippen molar-refractivity contribution in [2.24, 2.45) is 5.92 Å². The van der Waals surface area contributed by atoms with Gasteiger partial charge < -0.3 is 5.11 Å². The van der Waals surface area contributed by atoms with Gasteiger partial charge in [0.15, 0.2) is 0 Å². The summed E-state index contributed by atoms with van der Waals surface area (Å²) in [5.41, 5.74) is 1.11. The zero-order valence-corrected chi connectivity index (χ0v) is 11.6. The molecule has 0 aliphatic rings. The summed E-state index contributed by atoms with van der Waals surface area (Å²) >= 11 is 2.25. The van der Waals surface area contributed by atoms with Crippen molar-refractivity contribution in [1.82, 2.24) is 0 Å². The van der Waals surface area contributed by atoms with Gasteiger partial charge in [0.2, 0.25) is 0 Å². The topological polar surface area (TPSA) is 37.3 Å². The van der Waals surface area contributed by atoms with E-state index in [2.05, 4.69) is 29.5 Å². The SMILES string of the molecule is CCCCC(Cc1ccc(I)cc1)C(=O)O. The third kappa shape index (κ3) is 4.51. The second kappa shape index (κ2) is 6.89. The van der Waals surface area contributed by atoms with Gasteiger partial charge in [-0.25, -0.2) is 0 Å². The minimum atomic E-state index is -0.674. The molecule has 1 aromatic carbocycles. The maximum absolute atomic E-state index is 11.1. The van der Waals surface area contributed by atoms with Crippen molar-refractivity contribution in [1.29, 1.82) is 0 Å². The number of carboxylic acids is 1. The molecule has 1 atom stereocenters. The molecular formula is C13H17IO2. The molecule has 1 N–H and O–H groups in total. The van der Waals surface area contributed by atoms with E-state index in [4.69, 9.17) is 5.11 Å². The molecule has 0 radical (unpaired) electrons. The molecule has 3 heteroatoms. The highest BCUT2D eigenvalue weighted by Gasteiger charge is 2.16. The molecule has 0 aliphatic carbocycles. The lowest BCUT2D eigenvalue weighted by atomic mass is 9.94. The lowest BCUT2D eigenvalue weighted by molar-refractivity contribution is -0.141. The first-order chi connectivity index (χ1) is 7.63. The van der Waals surface area contributed by atoms with Crippen molar-refractivity contribution < 1.29 is 9.90 Å². The van der Waals surface area contributed by atoms with E-state index in [0.29, 0.717) is 6.42 Å². The van der Waals surface area contributed by atoms with E-state index in [1.165, 1.54) is 3.57 Å². The van der Waals surface area contributed by atoms with Gasteiger partial charge in [-0.05, 0) is 53.1 Å². The first-order valence-electron chi connectivity index (χ1n) is 5.60. The smallest absolute Gasteiger partial charge is 0.306 e. The van der Waals surface area contributed by atoms with Crippen LogP contribution in [0.3, 0.4) is 0 Å². The number of carbonyl (C=O) groups is 1. The molecule has 2 nitrogen and oxygen atoms in total. The maximum Gasteiger partial charge on any atom is 0.306 e. The van der Waals surface area contributed by atoms with Gasteiger partial charge in [-0.15, -0.1) is 0 Å². The molecule has 0 spiro atoms. The first-order valence-corrected chi connectivity index (χ1v) is 6.68. The highest BCUT2D eigenvalue weighted by molar-refractivity contribution is 14.1. The Morgan fingerprint density at radius 2 is 2.00 bits per heavy atom. The predicted molar refractivity (Wildman–Crippen MR) is 73.5 cm³/mol. The van der Waals surface area contributed by atoms with Gasteiger partial charge >= 0.3 is 5.97 Å². The van der Waals surface area contributed by atoms with Crippen molar-refractivity contribution in [2.75, 3.05) is 0 Å². The minimum Gasteiger partial charge on any atom is -0.481 e. The largest absolute Gasteiger partial charge is 0.481 e. The molecule has 0 amide bonds. The van der Waals surface area contributed by atoms with Gasteiger partial charge in [0.25, 0.3) is 0 Å². The lowest BCUT2D eigenvalue weighted by Crippen LogP contribution is -2.16. The van der Waals surface area contributed by atoms with Gasteiger partial charge in [-0.3, -0.25) is 4.79 Å². The van der Waals surface area contributed by atoms with Crippen LogP contribution in [0.15, 0.2) is 24.3 Å². The Morgan fingerprint density at radius 1 is 1.38 bits per heavy atom. The van der Waals surface area contributed by atoms with E-state index < -0.39 is 5.97 Å². The zero-order valence-electron chi connectivity index (χ0n) is 9.45. The molecule has 0 heterocycles. The Morgan fingerprint density at radius 3 is 2.50 bits per heavy atom. The summed E-state index contributed by atoms with van der Waals surface area (Å²) < 4.78 is 1.18. The van der Waals surface area contributed by atoms with E-state index in [1.807, 2.05) is 24.3 Å². The van der Waals surface area contributed by atoms with Crippen LogP contribution >= 0.6 is 22.6 Å². The normalized spacial score (nSPS) is 12.4. The second-order valence-electron chi connectivity index (χ2n) is 4.01. The Balaban J connectivity index is 2.60. The summed E-state index contributed by atoms with van der Waals surface area (Å²) in [4.78, 5) is 11.1. The number of carboxylic acid groups (broad SMARTS) is 1. The average molecular weight is 332 g/mol. The Hall–Kier alpha value is -0.580. The molecule has 1 rings (SSSR count). The number of unbranched alkanes of at least 4 members (excludes halogenated alkanes) is 1. The monoisotopic (exact) mass is 332 g/mol. The van der Waals surface area contributed by atoms with Crippen molar-refractivity contribution in [3.8, 4) is 0 Å². The fourth-order valence-corrected chi connectivity index (χ4v) is 2.03. The number of hydrogen-bond acceptors (Lipinski definition) is 1.